The standard InChI is InChI=1S/C34H31N3O7/c1-20-10-9-13-24-29(22-11-7-6-8-12-22)31(36-30(20)24)33(38)37-35-19-21-14-15-25(26(16-21)40-2)44-34(39)23-17-27(41-3)32(43-5)28(18-23)42-4/h6-19,36H,1-5H3,(H,37,38). The monoisotopic (exact) mass is 593 g/mol. The van der Waals surface area contributed by atoms with E-state index in [0.717, 1.165) is 27.6 Å². The second kappa shape index (κ2) is 13.0. The number of aromatic amines is 1. The van der Waals surface area contributed by atoms with E-state index >= 15 is 0 Å². The number of carbonyl (C=O) groups is 2. The fourth-order valence-corrected chi connectivity index (χ4v) is 4.87. The molecule has 4 aromatic carbocycles. The summed E-state index contributed by atoms with van der Waals surface area (Å²) in [6, 6.07) is 23.6. The molecule has 0 bridgehead atoms. The second-order valence-corrected chi connectivity index (χ2v) is 9.65. The Morgan fingerprint density at radius 3 is 2.14 bits per heavy atom. The summed E-state index contributed by atoms with van der Waals surface area (Å²) < 4.78 is 27.0. The van der Waals surface area contributed by atoms with E-state index in [0.29, 0.717) is 34.3 Å². The number of para-hydroxylation sites is 1. The van der Waals surface area contributed by atoms with Gasteiger partial charge in [0.25, 0.3) is 5.91 Å². The van der Waals surface area contributed by atoms with Gasteiger partial charge in [-0.1, -0.05) is 48.5 Å². The number of H-pyrrole nitrogens is 1. The normalized spacial score (nSPS) is 10.9. The Morgan fingerprint density at radius 1 is 0.773 bits per heavy atom. The molecule has 10 heteroatoms. The molecule has 0 unspecified atom stereocenters. The van der Waals surface area contributed by atoms with Crippen LogP contribution in [0.15, 0.2) is 84.0 Å². The van der Waals surface area contributed by atoms with Gasteiger partial charge in [0.1, 0.15) is 5.69 Å². The summed E-state index contributed by atoms with van der Waals surface area (Å²) >= 11 is 0. The summed E-state index contributed by atoms with van der Waals surface area (Å²) in [7, 11) is 5.85. The lowest BCUT2D eigenvalue weighted by molar-refractivity contribution is 0.0728. The van der Waals surface area contributed by atoms with Gasteiger partial charge < -0.3 is 28.7 Å². The van der Waals surface area contributed by atoms with Gasteiger partial charge in [-0.2, -0.15) is 5.10 Å². The third-order valence-electron chi connectivity index (χ3n) is 7.00. The topological polar surface area (TPSA) is 120 Å². The van der Waals surface area contributed by atoms with E-state index in [1.54, 1.807) is 18.2 Å². The van der Waals surface area contributed by atoms with Crippen LogP contribution in [0.5, 0.6) is 28.7 Å². The quantitative estimate of drug-likeness (QED) is 0.0861. The van der Waals surface area contributed by atoms with E-state index in [1.807, 2.05) is 55.5 Å². The average molecular weight is 594 g/mol. The summed E-state index contributed by atoms with van der Waals surface area (Å²) in [5.74, 6) is 0.427. The summed E-state index contributed by atoms with van der Waals surface area (Å²) in [6.07, 6.45) is 1.47. The smallest absolute Gasteiger partial charge is 0.343 e. The van der Waals surface area contributed by atoms with Gasteiger partial charge in [-0.05, 0) is 53.9 Å². The summed E-state index contributed by atoms with van der Waals surface area (Å²) in [5, 5.41) is 5.12. The highest BCUT2D eigenvalue weighted by atomic mass is 16.6. The number of aryl methyl sites for hydroxylation is 1. The lowest BCUT2D eigenvalue weighted by Gasteiger charge is -2.14. The first-order valence-corrected chi connectivity index (χ1v) is 13.6. The largest absolute Gasteiger partial charge is 0.493 e. The van der Waals surface area contributed by atoms with Crippen LogP contribution in [0.4, 0.5) is 0 Å². The third-order valence-corrected chi connectivity index (χ3v) is 7.00. The second-order valence-electron chi connectivity index (χ2n) is 9.65. The summed E-state index contributed by atoms with van der Waals surface area (Å²) in [6.45, 7) is 1.99. The first-order valence-electron chi connectivity index (χ1n) is 13.6. The first kappa shape index (κ1) is 29.7. The van der Waals surface area contributed by atoms with Crippen molar-refractivity contribution in [1.29, 1.82) is 0 Å². The van der Waals surface area contributed by atoms with Gasteiger partial charge in [0.15, 0.2) is 23.0 Å². The van der Waals surface area contributed by atoms with Crippen LogP contribution in [0.2, 0.25) is 0 Å². The third kappa shape index (κ3) is 5.91. The molecule has 0 atom stereocenters. The summed E-state index contributed by atoms with van der Waals surface area (Å²) in [4.78, 5) is 29.6. The number of hydrogen-bond acceptors (Lipinski definition) is 8. The zero-order valence-corrected chi connectivity index (χ0v) is 24.9. The Kier molecular flexibility index (Phi) is 8.80. The number of fused-ring (bicyclic) bond motifs is 1. The van der Waals surface area contributed by atoms with Crippen molar-refractivity contribution in [2.75, 3.05) is 28.4 Å². The van der Waals surface area contributed by atoms with Crippen molar-refractivity contribution in [3.05, 3.63) is 101 Å². The van der Waals surface area contributed by atoms with E-state index in [1.165, 1.54) is 46.8 Å². The SMILES string of the molecule is COc1cc(C=NNC(=O)c2[nH]c3c(C)cccc3c2-c2ccccc2)ccc1OC(=O)c1cc(OC)c(OC)c(OC)c1. The molecule has 2 N–H and O–H groups in total. The van der Waals surface area contributed by atoms with Crippen LogP contribution in [0, 0.1) is 6.92 Å². The van der Waals surface area contributed by atoms with Crippen LogP contribution in [-0.4, -0.2) is 51.5 Å². The number of hydrogen-bond donors (Lipinski definition) is 2. The van der Waals surface area contributed by atoms with Gasteiger partial charge in [-0.3, -0.25) is 4.79 Å². The van der Waals surface area contributed by atoms with E-state index < -0.39 is 11.9 Å². The highest BCUT2D eigenvalue weighted by molar-refractivity contribution is 6.10. The number of ether oxygens (including phenoxy) is 5. The summed E-state index contributed by atoms with van der Waals surface area (Å²) in [5.41, 5.74) is 7.45. The number of nitrogens with one attached hydrogen (secondary N) is 2. The molecule has 0 aliphatic carbocycles. The van der Waals surface area contributed by atoms with Crippen LogP contribution in [-0.2, 0) is 0 Å². The minimum atomic E-state index is -0.654. The van der Waals surface area contributed by atoms with Crippen LogP contribution < -0.4 is 29.1 Å². The first-order chi connectivity index (χ1) is 21.4. The number of benzene rings is 4. The number of esters is 1. The molecule has 1 amide bonds. The molecule has 1 aromatic heterocycles. The maximum Gasteiger partial charge on any atom is 0.343 e. The number of amides is 1. The number of hydrazone groups is 1. The molecule has 0 aliphatic heterocycles. The number of methoxy groups -OCH3 is 4. The van der Waals surface area contributed by atoms with Gasteiger partial charge in [0, 0.05) is 16.5 Å². The maximum atomic E-state index is 13.3. The zero-order valence-electron chi connectivity index (χ0n) is 24.9. The Hall–Kier alpha value is -5.77. The highest BCUT2D eigenvalue weighted by Crippen LogP contribution is 2.39. The van der Waals surface area contributed by atoms with Crippen LogP contribution in [0.1, 0.15) is 32.0 Å². The molecule has 0 fully saturated rings. The van der Waals surface area contributed by atoms with Gasteiger partial charge in [0.05, 0.1) is 40.2 Å². The minimum absolute atomic E-state index is 0.188. The van der Waals surface area contributed by atoms with Crippen molar-refractivity contribution in [2.24, 2.45) is 5.10 Å². The van der Waals surface area contributed by atoms with Crippen molar-refractivity contribution in [2.45, 2.75) is 6.92 Å². The molecule has 1 heterocycles. The molecule has 0 aliphatic rings. The molecule has 5 rings (SSSR count). The van der Waals surface area contributed by atoms with Crippen molar-refractivity contribution < 1.29 is 33.3 Å². The van der Waals surface area contributed by atoms with Crippen molar-refractivity contribution in [1.82, 2.24) is 10.4 Å². The lowest BCUT2D eigenvalue weighted by atomic mass is 10.0. The van der Waals surface area contributed by atoms with Crippen molar-refractivity contribution in [3.8, 4) is 39.9 Å². The molecule has 0 spiro atoms. The zero-order chi connectivity index (χ0) is 31.2. The van der Waals surface area contributed by atoms with Crippen LogP contribution in [0.25, 0.3) is 22.0 Å². The number of nitrogens with zero attached hydrogens (tertiary/aromatic N) is 1. The molecular formula is C34H31N3O7. The van der Waals surface area contributed by atoms with Crippen molar-refractivity contribution >= 4 is 29.0 Å². The fraction of sp³-hybridized carbons (Fsp3) is 0.147. The predicted octanol–water partition coefficient (Wildman–Crippen LogP) is 6.16. The Labute approximate surface area is 254 Å². The minimum Gasteiger partial charge on any atom is -0.493 e. The van der Waals surface area contributed by atoms with Gasteiger partial charge in [0.2, 0.25) is 5.75 Å². The highest BCUT2D eigenvalue weighted by Gasteiger charge is 2.21. The maximum absolute atomic E-state index is 13.3. The van der Waals surface area contributed by atoms with Gasteiger partial charge >= 0.3 is 5.97 Å². The molecule has 0 radical (unpaired) electrons. The molecule has 0 saturated heterocycles. The van der Waals surface area contributed by atoms with Crippen LogP contribution in [0.3, 0.4) is 0 Å². The molecule has 5 aromatic rings. The van der Waals surface area contributed by atoms with Gasteiger partial charge in [-0.15, -0.1) is 0 Å². The number of carbonyl (C=O) groups excluding carboxylic acids is 2. The Balaban J connectivity index is 1.34. The molecular weight excluding hydrogens is 562 g/mol. The number of rotatable bonds is 10. The molecule has 0 saturated carbocycles. The molecule has 224 valence electrons. The van der Waals surface area contributed by atoms with E-state index in [4.69, 9.17) is 23.7 Å². The van der Waals surface area contributed by atoms with Crippen LogP contribution >= 0.6 is 0 Å². The van der Waals surface area contributed by atoms with E-state index in [2.05, 4.69) is 15.5 Å². The van der Waals surface area contributed by atoms with Gasteiger partial charge in [-0.25, -0.2) is 10.2 Å². The average Bonchev–Trinajstić information content (AvgIpc) is 3.46. The lowest BCUT2D eigenvalue weighted by Crippen LogP contribution is -2.18. The number of aromatic nitrogens is 1. The molecule has 44 heavy (non-hydrogen) atoms. The fourth-order valence-electron chi connectivity index (χ4n) is 4.87. The Bertz CT molecular complexity index is 1840. The predicted molar refractivity (Wildman–Crippen MR) is 168 cm³/mol. The van der Waals surface area contributed by atoms with Crippen molar-refractivity contribution in [3.63, 3.8) is 0 Å². The Morgan fingerprint density at radius 2 is 1.48 bits per heavy atom. The van der Waals surface area contributed by atoms with E-state index in [-0.39, 0.29) is 11.3 Å². The molecule has 10 nitrogen and oxygen atoms in total. The van der Waals surface area contributed by atoms with E-state index in [9.17, 15) is 9.59 Å².